The molecule has 4 unspecified atom stereocenters. The highest BCUT2D eigenvalue weighted by Crippen LogP contribution is 2.45. The van der Waals surface area contributed by atoms with Crippen LogP contribution in [-0.4, -0.2) is 102 Å². The number of hydrogen-bond acceptors (Lipinski definition) is 8. The van der Waals surface area contributed by atoms with Gasteiger partial charge in [-0.15, -0.1) is 0 Å². The molecule has 0 N–H and O–H groups in total. The lowest BCUT2D eigenvalue weighted by atomic mass is 10.5. The number of rotatable bonds is 20. The van der Waals surface area contributed by atoms with Crippen molar-refractivity contribution in [3.8, 4) is 0 Å². The van der Waals surface area contributed by atoms with Crippen LogP contribution in [0, 0.1) is 0 Å². The summed E-state index contributed by atoms with van der Waals surface area (Å²) < 4.78 is 46.1. The van der Waals surface area contributed by atoms with Gasteiger partial charge >= 0.3 is 37.1 Å². The van der Waals surface area contributed by atoms with Crippen LogP contribution < -0.4 is 0 Å². The zero-order valence-corrected chi connectivity index (χ0v) is 27.9. The molecule has 0 aliphatic rings. The Kier molecular flexibility index (Phi) is 18.5. The van der Waals surface area contributed by atoms with Crippen LogP contribution in [0.15, 0.2) is 0 Å². The van der Waals surface area contributed by atoms with E-state index in [0.717, 1.165) is 24.2 Å². The van der Waals surface area contributed by atoms with E-state index in [9.17, 15) is 0 Å². The SMILES string of the molecule is CO[Si](OC)C(C)C[Si](CC(C)[Si](OC)OC)(CC(C)[Si](OC)OC)CC(C)[Si](OC)OC. The molecule has 196 valence electrons. The first-order chi connectivity index (χ1) is 15.6. The molecule has 0 aliphatic heterocycles. The molecule has 0 heterocycles. The topological polar surface area (TPSA) is 73.8 Å². The van der Waals surface area contributed by atoms with Crippen molar-refractivity contribution < 1.29 is 35.4 Å². The Balaban J connectivity index is 6.32. The summed E-state index contributed by atoms with van der Waals surface area (Å²) in [7, 11) is 6.67. The molecule has 0 amide bonds. The van der Waals surface area contributed by atoms with Gasteiger partial charge in [0.15, 0.2) is 0 Å². The van der Waals surface area contributed by atoms with Gasteiger partial charge in [-0.2, -0.15) is 0 Å². The average molecular weight is 557 g/mol. The molecule has 0 saturated carbocycles. The number of hydrogen-bond donors (Lipinski definition) is 0. The molecular weight excluding hydrogens is 509 g/mol. The smallest absolute Gasteiger partial charge is 0.386 e. The van der Waals surface area contributed by atoms with E-state index in [2.05, 4.69) is 27.7 Å². The van der Waals surface area contributed by atoms with Crippen LogP contribution in [0.2, 0.25) is 46.3 Å². The molecule has 0 bridgehead atoms. The fourth-order valence-electron chi connectivity index (χ4n) is 5.37. The Morgan fingerprint density at radius 1 is 0.394 bits per heavy atom. The highest BCUT2D eigenvalue weighted by Gasteiger charge is 2.46. The van der Waals surface area contributed by atoms with Gasteiger partial charge in [0.25, 0.3) is 0 Å². The molecule has 0 saturated heterocycles. The van der Waals surface area contributed by atoms with Gasteiger partial charge < -0.3 is 35.4 Å². The predicted octanol–water partition coefficient (Wildman–Crippen LogP) is 4.12. The lowest BCUT2D eigenvalue weighted by molar-refractivity contribution is 0.266. The zero-order valence-electron chi connectivity index (χ0n) is 22.9. The summed E-state index contributed by atoms with van der Waals surface area (Å²) in [5.74, 6) is 0. The van der Waals surface area contributed by atoms with Gasteiger partial charge in [-0.1, -0.05) is 51.9 Å². The Morgan fingerprint density at radius 2 is 0.545 bits per heavy atom. The Labute approximate surface area is 211 Å². The van der Waals surface area contributed by atoms with E-state index in [1.165, 1.54) is 0 Å². The van der Waals surface area contributed by atoms with Gasteiger partial charge in [-0.05, 0) is 22.2 Å². The van der Waals surface area contributed by atoms with Crippen molar-refractivity contribution >= 4 is 45.2 Å². The first kappa shape index (κ1) is 33.8. The van der Waals surface area contributed by atoms with Crippen molar-refractivity contribution in [3.63, 3.8) is 0 Å². The highest BCUT2D eigenvalue weighted by molar-refractivity contribution is 6.83. The summed E-state index contributed by atoms with van der Waals surface area (Å²) in [6.45, 7) is 9.11. The molecule has 0 aromatic heterocycles. The van der Waals surface area contributed by atoms with Crippen LogP contribution in [0.3, 0.4) is 0 Å². The maximum atomic E-state index is 5.76. The second-order valence-electron chi connectivity index (χ2n) is 8.83. The van der Waals surface area contributed by atoms with E-state index in [-0.39, 0.29) is 0 Å². The Hall–Kier alpha value is 0.764. The second kappa shape index (κ2) is 18.1. The first-order valence-corrected chi connectivity index (χ1v) is 19.8. The summed E-state index contributed by atoms with van der Waals surface area (Å²) >= 11 is 0. The molecule has 0 aliphatic carbocycles. The minimum absolute atomic E-state index is 0.352. The van der Waals surface area contributed by atoms with Gasteiger partial charge in [-0.3, -0.25) is 0 Å². The Morgan fingerprint density at radius 3 is 0.667 bits per heavy atom. The molecule has 0 aromatic rings. The molecule has 0 spiro atoms. The van der Waals surface area contributed by atoms with Crippen LogP contribution in [0.25, 0.3) is 0 Å². The van der Waals surface area contributed by atoms with E-state index in [4.69, 9.17) is 35.4 Å². The summed E-state index contributed by atoms with van der Waals surface area (Å²) in [5.41, 5.74) is 1.41. The van der Waals surface area contributed by atoms with E-state index >= 15 is 0 Å². The maximum Gasteiger partial charge on any atom is 0.386 e. The van der Waals surface area contributed by atoms with Gasteiger partial charge in [-0.25, -0.2) is 0 Å². The predicted molar refractivity (Wildman–Crippen MR) is 142 cm³/mol. The molecule has 0 rings (SSSR count). The summed E-state index contributed by atoms with van der Waals surface area (Å²) in [5, 5.41) is 0. The van der Waals surface area contributed by atoms with Crippen LogP contribution in [0.1, 0.15) is 27.7 Å². The van der Waals surface area contributed by atoms with Gasteiger partial charge in [0.1, 0.15) is 0 Å². The molecule has 0 aromatic carbocycles. The standard InChI is InChI=1S/C20H48O8Si5/c1-17(29(21-5)22-6)13-33(14-18(2)30(23-7)24-8,15-19(3)31(25-9)26-10)16-20(4)32(27-11)28-12/h17-20H,13-16H2,1-12H3. The molecule has 0 fully saturated rings. The van der Waals surface area contributed by atoms with Crippen LogP contribution >= 0.6 is 0 Å². The van der Waals surface area contributed by atoms with Gasteiger partial charge in [0, 0.05) is 56.9 Å². The molecule has 8 nitrogen and oxygen atoms in total. The van der Waals surface area contributed by atoms with Crippen molar-refractivity contribution in [1.82, 2.24) is 0 Å². The molecule has 4 atom stereocenters. The second-order valence-corrected chi connectivity index (χ2v) is 23.2. The van der Waals surface area contributed by atoms with Gasteiger partial charge in [0.2, 0.25) is 0 Å². The minimum Gasteiger partial charge on any atom is -0.397 e. The fraction of sp³-hybridized carbons (Fsp3) is 1.00. The highest BCUT2D eigenvalue weighted by atomic mass is 28.3. The van der Waals surface area contributed by atoms with Crippen molar-refractivity contribution in [1.29, 1.82) is 0 Å². The maximum absolute atomic E-state index is 5.76. The lowest BCUT2D eigenvalue weighted by Crippen LogP contribution is -2.46. The average Bonchev–Trinajstić information content (AvgIpc) is 2.76. The fourth-order valence-corrected chi connectivity index (χ4v) is 23.3. The van der Waals surface area contributed by atoms with E-state index in [0.29, 0.717) is 22.2 Å². The first-order valence-electron chi connectivity index (χ1n) is 11.4. The van der Waals surface area contributed by atoms with Gasteiger partial charge in [0.05, 0.1) is 8.07 Å². The quantitative estimate of drug-likeness (QED) is 0.207. The third kappa shape index (κ3) is 11.1. The third-order valence-corrected chi connectivity index (χ3v) is 21.0. The minimum atomic E-state index is -1.97. The van der Waals surface area contributed by atoms with Crippen molar-refractivity contribution in [2.24, 2.45) is 0 Å². The van der Waals surface area contributed by atoms with Crippen LogP contribution in [0.4, 0.5) is 0 Å². The molecule has 33 heavy (non-hydrogen) atoms. The summed E-state index contributed by atoms with van der Waals surface area (Å²) in [4.78, 5) is 0. The zero-order chi connectivity index (χ0) is 25.6. The monoisotopic (exact) mass is 556 g/mol. The Bertz CT molecular complexity index is 394. The normalized spacial score (nSPS) is 18.2. The van der Waals surface area contributed by atoms with Crippen molar-refractivity contribution in [3.05, 3.63) is 0 Å². The summed E-state index contributed by atoms with van der Waals surface area (Å²) in [6.07, 6.45) is 0. The largest absolute Gasteiger partial charge is 0.397 e. The van der Waals surface area contributed by atoms with Crippen LogP contribution in [-0.2, 0) is 35.4 Å². The van der Waals surface area contributed by atoms with Crippen LogP contribution in [0.5, 0.6) is 0 Å². The molecule has 13 heteroatoms. The van der Waals surface area contributed by atoms with E-state index < -0.39 is 45.2 Å². The summed E-state index contributed by atoms with van der Waals surface area (Å²) in [6, 6.07) is 4.43. The molecule has 4 radical (unpaired) electrons. The van der Waals surface area contributed by atoms with E-state index in [1.54, 1.807) is 56.9 Å². The van der Waals surface area contributed by atoms with Crippen molar-refractivity contribution in [2.45, 2.75) is 74.0 Å². The van der Waals surface area contributed by atoms with E-state index in [1.807, 2.05) is 0 Å². The third-order valence-electron chi connectivity index (χ3n) is 6.18. The lowest BCUT2D eigenvalue weighted by Gasteiger charge is -2.41. The molecular formula is C20H48O8Si5. The van der Waals surface area contributed by atoms with Crippen molar-refractivity contribution in [2.75, 3.05) is 56.9 Å².